The Bertz CT molecular complexity index is 3170. The standard InChI is InChI=1S/C54H36NO2P/c56-58(45-17-8-3-9-18-45)53-22-11-10-19-47(53)48-36-43(31-33-50(48)55(58)44-15-6-2-7-16-44)46-20-12-21-52-54(46)49-35-42(32-34-51(49)57-52)41-29-27-40(28-30-41)39-25-23-38(24-26-39)37-13-4-1-5-14-37/h1-36H. The Kier molecular flexibility index (Phi) is 8.10. The first-order chi connectivity index (χ1) is 28.6. The highest BCUT2D eigenvalue weighted by Gasteiger charge is 2.42. The van der Waals surface area contributed by atoms with Crippen molar-refractivity contribution >= 4 is 51.2 Å². The molecular weight excluding hydrogens is 726 g/mol. The summed E-state index contributed by atoms with van der Waals surface area (Å²) in [5, 5.41) is 3.79. The number of para-hydroxylation sites is 1. The normalized spacial score (nSPS) is 14.7. The number of benzene rings is 9. The van der Waals surface area contributed by atoms with Gasteiger partial charge in [0, 0.05) is 32.6 Å². The van der Waals surface area contributed by atoms with Gasteiger partial charge in [-0.2, -0.15) is 0 Å². The smallest absolute Gasteiger partial charge is 0.234 e. The molecule has 1 unspecified atom stereocenters. The molecule has 0 amide bonds. The summed E-state index contributed by atoms with van der Waals surface area (Å²) < 4.78 is 24.4. The lowest BCUT2D eigenvalue weighted by atomic mass is 9.93. The van der Waals surface area contributed by atoms with Crippen molar-refractivity contribution in [2.45, 2.75) is 0 Å². The molecule has 1 atom stereocenters. The van der Waals surface area contributed by atoms with Gasteiger partial charge in [0.2, 0.25) is 7.29 Å². The Hall–Kier alpha value is -7.19. The van der Waals surface area contributed by atoms with Crippen LogP contribution in [0.4, 0.5) is 11.4 Å². The Labute approximate surface area is 337 Å². The summed E-state index contributed by atoms with van der Waals surface area (Å²) >= 11 is 0. The van der Waals surface area contributed by atoms with Crippen molar-refractivity contribution in [1.29, 1.82) is 0 Å². The lowest BCUT2D eigenvalue weighted by molar-refractivity contribution is 0.587. The lowest BCUT2D eigenvalue weighted by Crippen LogP contribution is -2.33. The van der Waals surface area contributed by atoms with Crippen molar-refractivity contribution in [1.82, 2.24) is 0 Å². The van der Waals surface area contributed by atoms with Gasteiger partial charge < -0.3 is 4.42 Å². The van der Waals surface area contributed by atoms with Gasteiger partial charge in [-0.05, 0) is 111 Å². The molecule has 9 aromatic carbocycles. The molecule has 0 saturated carbocycles. The van der Waals surface area contributed by atoms with E-state index in [1.165, 1.54) is 22.3 Å². The maximum atomic E-state index is 15.8. The molecule has 0 fully saturated rings. The highest BCUT2D eigenvalue weighted by atomic mass is 31.2. The molecule has 0 saturated heterocycles. The third-order valence-corrected chi connectivity index (χ3v) is 14.5. The highest BCUT2D eigenvalue weighted by molar-refractivity contribution is 7.80. The van der Waals surface area contributed by atoms with Crippen molar-refractivity contribution in [2.24, 2.45) is 0 Å². The van der Waals surface area contributed by atoms with E-state index in [9.17, 15) is 0 Å². The van der Waals surface area contributed by atoms with E-state index in [1.54, 1.807) is 0 Å². The molecule has 3 nitrogen and oxygen atoms in total. The topological polar surface area (TPSA) is 33.5 Å². The molecule has 0 N–H and O–H groups in total. The van der Waals surface area contributed by atoms with E-state index in [4.69, 9.17) is 4.42 Å². The van der Waals surface area contributed by atoms with Crippen molar-refractivity contribution in [2.75, 3.05) is 4.67 Å². The molecule has 10 aromatic rings. The summed E-state index contributed by atoms with van der Waals surface area (Å²) in [6.45, 7) is 0. The van der Waals surface area contributed by atoms with Gasteiger partial charge in [-0.3, -0.25) is 9.24 Å². The molecule has 4 heteroatoms. The second kappa shape index (κ2) is 13.8. The maximum Gasteiger partial charge on any atom is 0.234 e. The van der Waals surface area contributed by atoms with Gasteiger partial charge in [-0.15, -0.1) is 0 Å². The minimum atomic E-state index is -3.32. The minimum Gasteiger partial charge on any atom is -0.456 e. The van der Waals surface area contributed by atoms with Gasteiger partial charge in [0.15, 0.2) is 0 Å². The Morgan fingerprint density at radius 2 is 0.914 bits per heavy atom. The average molecular weight is 762 g/mol. The lowest BCUT2D eigenvalue weighted by Gasteiger charge is -2.40. The van der Waals surface area contributed by atoms with Crippen LogP contribution in [0, 0.1) is 0 Å². The fraction of sp³-hybridized carbons (Fsp3) is 0. The molecule has 0 spiro atoms. The number of rotatable bonds is 6. The molecule has 11 rings (SSSR count). The largest absolute Gasteiger partial charge is 0.456 e. The van der Waals surface area contributed by atoms with Gasteiger partial charge >= 0.3 is 0 Å². The van der Waals surface area contributed by atoms with Crippen LogP contribution in [-0.2, 0) is 4.57 Å². The van der Waals surface area contributed by atoms with E-state index in [2.05, 4.69) is 138 Å². The number of nitrogens with zero attached hydrogens (tertiary/aromatic N) is 1. The van der Waals surface area contributed by atoms with Gasteiger partial charge in [-0.25, -0.2) is 0 Å². The zero-order valence-electron chi connectivity index (χ0n) is 31.5. The van der Waals surface area contributed by atoms with Gasteiger partial charge in [0.25, 0.3) is 0 Å². The first kappa shape index (κ1) is 34.1. The van der Waals surface area contributed by atoms with E-state index in [-0.39, 0.29) is 0 Å². The van der Waals surface area contributed by atoms with E-state index in [1.807, 2.05) is 84.9 Å². The van der Waals surface area contributed by atoms with Crippen LogP contribution in [-0.4, -0.2) is 0 Å². The second-order valence-corrected chi connectivity index (χ2v) is 17.4. The highest BCUT2D eigenvalue weighted by Crippen LogP contribution is 2.61. The molecule has 1 aromatic heterocycles. The zero-order valence-corrected chi connectivity index (χ0v) is 32.4. The Balaban J connectivity index is 1.00. The van der Waals surface area contributed by atoms with E-state index in [0.29, 0.717) is 0 Å². The van der Waals surface area contributed by atoms with Crippen LogP contribution in [0.25, 0.3) is 77.6 Å². The molecule has 0 radical (unpaired) electrons. The predicted octanol–water partition coefficient (Wildman–Crippen LogP) is 14.3. The minimum absolute atomic E-state index is 0.804. The van der Waals surface area contributed by atoms with Gasteiger partial charge in [0.1, 0.15) is 11.2 Å². The van der Waals surface area contributed by atoms with Crippen LogP contribution < -0.4 is 15.3 Å². The number of hydrogen-bond acceptors (Lipinski definition) is 2. The summed E-state index contributed by atoms with van der Waals surface area (Å²) in [6.07, 6.45) is 0. The fourth-order valence-corrected chi connectivity index (χ4v) is 11.7. The first-order valence-corrected chi connectivity index (χ1v) is 21.3. The zero-order chi connectivity index (χ0) is 38.6. The fourth-order valence-electron chi connectivity index (χ4n) is 8.67. The quantitative estimate of drug-likeness (QED) is 0.158. The SMILES string of the molecule is O=P1(c2ccccc2)c2ccccc2-c2cc(-c3cccc4oc5ccc(-c6ccc(-c7ccc(-c8ccccc8)cc7)cc6)cc5c34)ccc2N1c1ccccc1. The Morgan fingerprint density at radius 1 is 0.379 bits per heavy atom. The van der Waals surface area contributed by atoms with E-state index < -0.39 is 7.29 Å². The summed E-state index contributed by atoms with van der Waals surface area (Å²) in [4.78, 5) is 0. The third-order valence-electron chi connectivity index (χ3n) is 11.5. The monoisotopic (exact) mass is 761 g/mol. The van der Waals surface area contributed by atoms with Crippen LogP contribution in [0.15, 0.2) is 223 Å². The van der Waals surface area contributed by atoms with Crippen LogP contribution in [0.1, 0.15) is 0 Å². The average Bonchev–Trinajstić information content (AvgIpc) is 3.68. The van der Waals surface area contributed by atoms with Crippen molar-refractivity contribution in [3.8, 4) is 55.6 Å². The predicted molar refractivity (Wildman–Crippen MR) is 243 cm³/mol. The maximum absolute atomic E-state index is 15.8. The molecule has 1 aliphatic heterocycles. The number of fused-ring (bicyclic) bond motifs is 6. The summed E-state index contributed by atoms with van der Waals surface area (Å²) in [5.41, 5.74) is 14.8. The summed E-state index contributed by atoms with van der Waals surface area (Å²) in [5.74, 6) is 0. The van der Waals surface area contributed by atoms with Crippen molar-refractivity contribution in [3.05, 3.63) is 218 Å². The second-order valence-electron chi connectivity index (χ2n) is 14.8. The molecule has 0 aliphatic carbocycles. The molecule has 2 heterocycles. The van der Waals surface area contributed by atoms with Crippen LogP contribution >= 0.6 is 7.29 Å². The Morgan fingerprint density at radius 3 is 1.60 bits per heavy atom. The molecule has 0 bridgehead atoms. The molecule has 58 heavy (non-hydrogen) atoms. The first-order valence-electron chi connectivity index (χ1n) is 19.6. The van der Waals surface area contributed by atoms with Gasteiger partial charge in [-0.1, -0.05) is 158 Å². The van der Waals surface area contributed by atoms with Crippen LogP contribution in [0.2, 0.25) is 0 Å². The van der Waals surface area contributed by atoms with E-state index >= 15 is 4.57 Å². The number of anilines is 2. The number of furan rings is 1. The van der Waals surface area contributed by atoms with Crippen molar-refractivity contribution < 1.29 is 8.98 Å². The summed E-state index contributed by atoms with van der Waals surface area (Å²) in [7, 11) is -3.32. The van der Waals surface area contributed by atoms with Crippen LogP contribution in [0.5, 0.6) is 0 Å². The number of hydrogen-bond donors (Lipinski definition) is 0. The summed E-state index contributed by atoms with van der Waals surface area (Å²) in [6, 6.07) is 75.7. The van der Waals surface area contributed by atoms with E-state index in [0.717, 1.165) is 77.3 Å². The van der Waals surface area contributed by atoms with Gasteiger partial charge in [0.05, 0.1) is 5.69 Å². The third kappa shape index (κ3) is 5.55. The molecule has 1 aliphatic rings. The van der Waals surface area contributed by atoms with Crippen LogP contribution in [0.3, 0.4) is 0 Å². The molecular formula is C54H36NO2P. The van der Waals surface area contributed by atoms with Crippen molar-refractivity contribution in [3.63, 3.8) is 0 Å². The molecule has 274 valence electrons.